The van der Waals surface area contributed by atoms with E-state index in [4.69, 9.17) is 14.2 Å². The van der Waals surface area contributed by atoms with Crippen molar-refractivity contribution in [2.75, 3.05) is 33.3 Å². The van der Waals surface area contributed by atoms with Crippen molar-refractivity contribution in [3.63, 3.8) is 0 Å². The van der Waals surface area contributed by atoms with Crippen molar-refractivity contribution in [2.24, 2.45) is 0 Å². The maximum atomic E-state index is 13.0. The van der Waals surface area contributed by atoms with E-state index in [1.54, 1.807) is 17.9 Å². The number of aryl methyl sites for hydroxylation is 2. The molecule has 3 aromatic carbocycles. The zero-order chi connectivity index (χ0) is 31.3. The Bertz CT molecular complexity index is 1910. The van der Waals surface area contributed by atoms with E-state index in [-0.39, 0.29) is 48.1 Å². The number of fused-ring (bicyclic) bond motifs is 2. The van der Waals surface area contributed by atoms with Crippen LogP contribution in [0.25, 0.3) is 21.5 Å². The third-order valence-corrected chi connectivity index (χ3v) is 8.47. The quantitative estimate of drug-likeness (QED) is 0.208. The number of aromatic nitrogens is 2. The highest BCUT2D eigenvalue weighted by Crippen LogP contribution is 2.27. The van der Waals surface area contributed by atoms with Crippen molar-refractivity contribution in [1.29, 1.82) is 0 Å². The molecule has 9 nitrogen and oxygen atoms in total. The van der Waals surface area contributed by atoms with Crippen molar-refractivity contribution in [3.05, 3.63) is 110 Å². The van der Waals surface area contributed by atoms with Crippen LogP contribution in [0, 0.1) is 13.8 Å². The zero-order valence-electron chi connectivity index (χ0n) is 26.8. The summed E-state index contributed by atoms with van der Waals surface area (Å²) in [5.74, 6) is 2.55. The molecule has 7 rings (SSSR count). The number of hydrogen-bond donors (Lipinski definition) is 3. The molecule has 250 valence electrons. The van der Waals surface area contributed by atoms with Crippen LogP contribution in [-0.2, 0) is 6.54 Å². The number of halogens is 2. The molecular weight excluding hydrogens is 639 g/mol. The van der Waals surface area contributed by atoms with Gasteiger partial charge in [0.1, 0.15) is 29.5 Å². The lowest BCUT2D eigenvalue weighted by molar-refractivity contribution is 0.221. The molecule has 0 amide bonds. The molecule has 2 aromatic heterocycles. The standard InChI is InChI=1S/C22H24N2O3.C14H16N2O2.2ClH/c1-15-11-20-17(12-21(15)27-19-7-9-23-13-19)8-10-24(22(20)25)14-16-3-5-18(26-2)6-4-16;1-9-6-12-10(2-5-16-14(12)17)7-13(9)18-11-3-4-15-8-11;;/h3-6,8,10-12,19,23H,7,9,13-14H2,1-2H3;2,5-7,11,15H,3-4,8H2,1H3,(H,16,17);2*1H/t19-;11-;;/m11../s1. The number of nitrogens with one attached hydrogen (secondary N) is 3. The first kappa shape index (κ1) is 35.8. The molecule has 0 aliphatic carbocycles. The molecule has 3 N–H and O–H groups in total. The van der Waals surface area contributed by atoms with E-state index in [0.717, 1.165) is 89.1 Å². The molecule has 0 saturated carbocycles. The summed E-state index contributed by atoms with van der Waals surface area (Å²) >= 11 is 0. The highest BCUT2D eigenvalue weighted by atomic mass is 35.5. The molecule has 4 heterocycles. The van der Waals surface area contributed by atoms with Crippen molar-refractivity contribution in [3.8, 4) is 17.2 Å². The van der Waals surface area contributed by atoms with Gasteiger partial charge in [0.25, 0.3) is 11.1 Å². The number of pyridine rings is 2. The summed E-state index contributed by atoms with van der Waals surface area (Å²) in [6.45, 7) is 8.28. The molecule has 2 fully saturated rings. The number of nitrogens with zero attached hydrogens (tertiary/aromatic N) is 1. The van der Waals surface area contributed by atoms with Gasteiger partial charge < -0.3 is 34.4 Å². The number of hydrogen-bond acceptors (Lipinski definition) is 7. The van der Waals surface area contributed by atoms with Gasteiger partial charge in [0, 0.05) is 36.3 Å². The first-order valence-corrected chi connectivity index (χ1v) is 15.5. The second kappa shape index (κ2) is 16.2. The molecule has 5 aromatic rings. The summed E-state index contributed by atoms with van der Waals surface area (Å²) in [7, 11) is 1.65. The van der Waals surface area contributed by atoms with Gasteiger partial charge >= 0.3 is 0 Å². The van der Waals surface area contributed by atoms with Crippen LogP contribution in [-0.4, -0.2) is 55.0 Å². The summed E-state index contributed by atoms with van der Waals surface area (Å²) in [5.41, 5.74) is 3.02. The Labute approximate surface area is 286 Å². The Morgan fingerprint density at radius 3 is 1.89 bits per heavy atom. The fraction of sp³-hybridized carbons (Fsp3) is 0.333. The maximum Gasteiger partial charge on any atom is 0.258 e. The van der Waals surface area contributed by atoms with E-state index in [9.17, 15) is 9.59 Å². The minimum absolute atomic E-state index is 0. The number of rotatable bonds is 7. The van der Waals surface area contributed by atoms with Crippen molar-refractivity contribution >= 4 is 46.4 Å². The van der Waals surface area contributed by atoms with E-state index in [1.165, 1.54) is 0 Å². The van der Waals surface area contributed by atoms with E-state index in [1.807, 2.05) is 80.7 Å². The molecule has 0 bridgehead atoms. The fourth-order valence-electron chi connectivity index (χ4n) is 5.87. The van der Waals surface area contributed by atoms with E-state index in [0.29, 0.717) is 11.9 Å². The number of H-pyrrole nitrogens is 1. The topological polar surface area (TPSA) is 107 Å². The number of aromatic amines is 1. The van der Waals surface area contributed by atoms with Crippen LogP contribution in [0.5, 0.6) is 17.2 Å². The second-order valence-corrected chi connectivity index (χ2v) is 11.8. The average molecular weight is 682 g/mol. The highest BCUT2D eigenvalue weighted by molar-refractivity contribution is 5.86. The molecule has 0 unspecified atom stereocenters. The number of ether oxygens (including phenoxy) is 3. The summed E-state index contributed by atoms with van der Waals surface area (Å²) in [6.07, 6.45) is 6.01. The van der Waals surface area contributed by atoms with Crippen LogP contribution in [0.2, 0.25) is 0 Å². The lowest BCUT2D eigenvalue weighted by atomic mass is 10.1. The van der Waals surface area contributed by atoms with Crippen LogP contribution in [0.4, 0.5) is 0 Å². The fourth-order valence-corrected chi connectivity index (χ4v) is 5.87. The van der Waals surface area contributed by atoms with Crippen LogP contribution < -0.4 is 36.0 Å². The average Bonchev–Trinajstić information content (AvgIpc) is 3.76. The van der Waals surface area contributed by atoms with Crippen molar-refractivity contribution < 1.29 is 14.2 Å². The molecule has 2 aliphatic rings. The van der Waals surface area contributed by atoms with E-state index >= 15 is 0 Å². The van der Waals surface area contributed by atoms with Crippen molar-refractivity contribution in [2.45, 2.75) is 45.4 Å². The van der Waals surface area contributed by atoms with Gasteiger partial charge in [-0.05, 0) is 116 Å². The molecule has 0 radical (unpaired) electrons. The molecule has 2 aliphatic heterocycles. The van der Waals surface area contributed by atoms with Gasteiger partial charge in [-0.2, -0.15) is 0 Å². The highest BCUT2D eigenvalue weighted by Gasteiger charge is 2.18. The Balaban J connectivity index is 0.000000219. The summed E-state index contributed by atoms with van der Waals surface area (Å²) in [4.78, 5) is 27.3. The second-order valence-electron chi connectivity index (χ2n) is 11.8. The number of benzene rings is 3. The lowest BCUT2D eigenvalue weighted by Crippen LogP contribution is -2.21. The molecule has 2 saturated heterocycles. The van der Waals surface area contributed by atoms with Gasteiger partial charge in [0.2, 0.25) is 0 Å². The van der Waals surface area contributed by atoms with Gasteiger partial charge in [-0.1, -0.05) is 12.1 Å². The maximum absolute atomic E-state index is 13.0. The monoisotopic (exact) mass is 680 g/mol. The van der Waals surface area contributed by atoms with Crippen molar-refractivity contribution in [1.82, 2.24) is 20.2 Å². The third-order valence-electron chi connectivity index (χ3n) is 8.47. The van der Waals surface area contributed by atoms with Crippen LogP contribution in [0.3, 0.4) is 0 Å². The number of methoxy groups -OCH3 is 1. The van der Waals surface area contributed by atoms with Crippen LogP contribution in [0.15, 0.2) is 82.6 Å². The Morgan fingerprint density at radius 1 is 0.766 bits per heavy atom. The van der Waals surface area contributed by atoms with Gasteiger partial charge in [0.15, 0.2) is 0 Å². The normalized spacial score (nSPS) is 16.9. The predicted molar refractivity (Wildman–Crippen MR) is 193 cm³/mol. The van der Waals surface area contributed by atoms with Crippen LogP contribution in [0.1, 0.15) is 29.5 Å². The lowest BCUT2D eigenvalue weighted by Gasteiger charge is -2.16. The predicted octanol–water partition coefficient (Wildman–Crippen LogP) is 5.53. The Kier molecular flexibility index (Phi) is 12.3. The van der Waals surface area contributed by atoms with Gasteiger partial charge in [-0.25, -0.2) is 0 Å². The minimum Gasteiger partial charge on any atom is -0.497 e. The van der Waals surface area contributed by atoms with Crippen LogP contribution >= 0.6 is 24.8 Å². The van der Waals surface area contributed by atoms with Gasteiger partial charge in [0.05, 0.1) is 13.7 Å². The van der Waals surface area contributed by atoms with Gasteiger partial charge in [-0.15, -0.1) is 24.8 Å². The molecule has 47 heavy (non-hydrogen) atoms. The molecule has 2 atom stereocenters. The summed E-state index contributed by atoms with van der Waals surface area (Å²) < 4.78 is 19.0. The van der Waals surface area contributed by atoms with Gasteiger partial charge in [-0.3, -0.25) is 9.59 Å². The summed E-state index contributed by atoms with van der Waals surface area (Å²) in [6, 6.07) is 19.4. The SMILES string of the molecule is COc1ccc(Cn2ccc3cc(O[C@@H]4CCNC4)c(C)cc3c2=O)cc1.Cc1cc2c(=O)[nH]ccc2cc1O[C@@H]1CCNC1.Cl.Cl. The minimum atomic E-state index is -0.0512. The first-order chi connectivity index (χ1) is 21.9. The Hall–Kier alpha value is -4.02. The third kappa shape index (κ3) is 8.48. The first-order valence-electron chi connectivity index (χ1n) is 15.5. The van der Waals surface area contributed by atoms with E-state index in [2.05, 4.69) is 15.6 Å². The zero-order valence-corrected chi connectivity index (χ0v) is 28.5. The molecule has 0 spiro atoms. The largest absolute Gasteiger partial charge is 0.497 e. The van der Waals surface area contributed by atoms with E-state index < -0.39 is 0 Å². The molecular formula is C36H42Cl2N4O5. The Morgan fingerprint density at radius 2 is 1.34 bits per heavy atom. The summed E-state index contributed by atoms with van der Waals surface area (Å²) in [5, 5.41) is 9.86. The molecule has 11 heteroatoms. The smallest absolute Gasteiger partial charge is 0.258 e.